The quantitative estimate of drug-likeness (QED) is 0.883. The SMILES string of the molecule is O=C(Nc1ccccc1)[C@H]1CCCCN1C1=NS(=O)(=O)c2ccccc21. The van der Waals surface area contributed by atoms with E-state index >= 15 is 0 Å². The zero-order valence-electron chi connectivity index (χ0n) is 14.1. The summed E-state index contributed by atoms with van der Waals surface area (Å²) in [6.07, 6.45) is 2.49. The van der Waals surface area contributed by atoms with Gasteiger partial charge >= 0.3 is 0 Å². The fraction of sp³-hybridized carbons (Fsp3) is 0.263. The summed E-state index contributed by atoms with van der Waals surface area (Å²) >= 11 is 0. The highest BCUT2D eigenvalue weighted by Crippen LogP contribution is 2.31. The van der Waals surface area contributed by atoms with Gasteiger partial charge in [0.1, 0.15) is 10.9 Å². The summed E-state index contributed by atoms with van der Waals surface area (Å²) in [5, 5.41) is 2.92. The molecule has 0 unspecified atom stereocenters. The molecule has 2 aromatic carbocycles. The number of rotatable bonds is 2. The van der Waals surface area contributed by atoms with E-state index in [0.717, 1.165) is 18.5 Å². The molecule has 2 aliphatic heterocycles. The molecule has 2 aromatic rings. The monoisotopic (exact) mass is 369 g/mol. The maximum Gasteiger partial charge on any atom is 0.285 e. The molecular formula is C19H19N3O3S. The Morgan fingerprint density at radius 3 is 2.58 bits per heavy atom. The maximum atomic E-state index is 12.9. The van der Waals surface area contributed by atoms with Crippen molar-refractivity contribution in [2.24, 2.45) is 4.40 Å². The number of hydrogen-bond acceptors (Lipinski definition) is 4. The molecule has 0 aliphatic carbocycles. The minimum atomic E-state index is -3.70. The summed E-state index contributed by atoms with van der Waals surface area (Å²) in [6.45, 7) is 0.607. The number of benzene rings is 2. The van der Waals surface area contributed by atoms with Crippen LogP contribution in [-0.2, 0) is 14.8 Å². The van der Waals surface area contributed by atoms with Gasteiger partial charge in [-0.25, -0.2) is 0 Å². The zero-order chi connectivity index (χ0) is 18.1. The Hall–Kier alpha value is -2.67. The van der Waals surface area contributed by atoms with Crippen LogP contribution in [0, 0.1) is 0 Å². The Morgan fingerprint density at radius 2 is 1.77 bits per heavy atom. The number of piperidine rings is 1. The van der Waals surface area contributed by atoms with Gasteiger partial charge < -0.3 is 10.2 Å². The van der Waals surface area contributed by atoms with Crippen LogP contribution >= 0.6 is 0 Å². The normalized spacial score (nSPS) is 21.0. The van der Waals surface area contributed by atoms with Gasteiger partial charge in [0.25, 0.3) is 10.0 Å². The van der Waals surface area contributed by atoms with Crippen molar-refractivity contribution in [3.63, 3.8) is 0 Å². The smallest absolute Gasteiger partial charge is 0.285 e. The molecule has 134 valence electrons. The number of amides is 1. The molecule has 0 radical (unpaired) electrons. The lowest BCUT2D eigenvalue weighted by Gasteiger charge is -2.36. The summed E-state index contributed by atoms with van der Waals surface area (Å²) in [7, 11) is -3.70. The Morgan fingerprint density at radius 1 is 1.04 bits per heavy atom. The lowest BCUT2D eigenvalue weighted by molar-refractivity contribution is -0.120. The second-order valence-electron chi connectivity index (χ2n) is 6.45. The lowest BCUT2D eigenvalue weighted by Crippen LogP contribution is -2.50. The summed E-state index contributed by atoms with van der Waals surface area (Å²) in [4.78, 5) is 14.9. The summed E-state index contributed by atoms with van der Waals surface area (Å²) in [6, 6.07) is 15.6. The highest BCUT2D eigenvalue weighted by Gasteiger charge is 2.37. The molecular weight excluding hydrogens is 350 g/mol. The van der Waals surface area contributed by atoms with Crippen molar-refractivity contribution in [3.05, 3.63) is 60.2 Å². The third-order valence-corrected chi connectivity index (χ3v) is 6.06. The second-order valence-corrected chi connectivity index (χ2v) is 8.02. The number of likely N-dealkylation sites (tertiary alicyclic amines) is 1. The second kappa shape index (κ2) is 6.57. The Bertz CT molecular complexity index is 971. The van der Waals surface area contributed by atoms with Crippen molar-refractivity contribution in [1.29, 1.82) is 0 Å². The Balaban J connectivity index is 1.66. The number of sulfonamides is 1. The van der Waals surface area contributed by atoms with Crippen LogP contribution in [0.25, 0.3) is 0 Å². The first-order valence-corrected chi connectivity index (χ1v) is 10.1. The van der Waals surface area contributed by atoms with Crippen molar-refractivity contribution in [3.8, 4) is 0 Å². The van der Waals surface area contributed by atoms with Gasteiger partial charge in [-0.3, -0.25) is 4.79 Å². The van der Waals surface area contributed by atoms with Gasteiger partial charge in [-0.15, -0.1) is 4.40 Å². The molecule has 1 atom stereocenters. The minimum Gasteiger partial charge on any atom is -0.343 e. The molecule has 0 bridgehead atoms. The van der Waals surface area contributed by atoms with E-state index in [-0.39, 0.29) is 10.8 Å². The molecule has 26 heavy (non-hydrogen) atoms. The molecule has 1 saturated heterocycles. The Kier molecular flexibility index (Phi) is 4.24. The number of nitrogens with zero attached hydrogens (tertiary/aromatic N) is 2. The topological polar surface area (TPSA) is 78.8 Å². The number of carbonyl (C=O) groups excluding carboxylic acids is 1. The first kappa shape index (κ1) is 16.8. The number of amidine groups is 1. The average Bonchev–Trinajstić information content (AvgIpc) is 2.94. The molecule has 4 rings (SSSR count). The van der Waals surface area contributed by atoms with E-state index < -0.39 is 16.1 Å². The lowest BCUT2D eigenvalue weighted by atomic mass is 9.99. The van der Waals surface area contributed by atoms with E-state index in [1.807, 2.05) is 35.2 Å². The average molecular weight is 369 g/mol. The standard InChI is InChI=1S/C19H19N3O3S/c23-19(20-14-8-2-1-3-9-14)16-11-6-7-13-22(16)18-15-10-4-5-12-17(15)26(24,25)21-18/h1-5,8-10,12,16H,6-7,11,13H2,(H,20,23)/t16-/m1/s1. The molecule has 0 aromatic heterocycles. The van der Waals surface area contributed by atoms with Crippen LogP contribution in [0.3, 0.4) is 0 Å². The van der Waals surface area contributed by atoms with Gasteiger partial charge in [-0.1, -0.05) is 30.3 Å². The van der Waals surface area contributed by atoms with Crippen molar-refractivity contribution in [2.45, 2.75) is 30.2 Å². The van der Waals surface area contributed by atoms with Crippen molar-refractivity contribution in [1.82, 2.24) is 4.90 Å². The molecule has 1 N–H and O–H groups in total. The van der Waals surface area contributed by atoms with Gasteiger partial charge in [-0.2, -0.15) is 8.42 Å². The Labute approximate surface area is 152 Å². The van der Waals surface area contributed by atoms with E-state index in [2.05, 4.69) is 9.71 Å². The van der Waals surface area contributed by atoms with Crippen molar-refractivity contribution < 1.29 is 13.2 Å². The number of anilines is 1. The van der Waals surface area contributed by atoms with Gasteiger partial charge in [0, 0.05) is 17.8 Å². The molecule has 1 amide bonds. The van der Waals surface area contributed by atoms with Gasteiger partial charge in [-0.05, 0) is 43.5 Å². The predicted octanol–water partition coefficient (Wildman–Crippen LogP) is 2.63. The van der Waals surface area contributed by atoms with Gasteiger partial charge in [0.05, 0.1) is 0 Å². The molecule has 1 fully saturated rings. The maximum absolute atomic E-state index is 12.9. The summed E-state index contributed by atoms with van der Waals surface area (Å²) in [5.74, 6) is 0.244. The van der Waals surface area contributed by atoms with Gasteiger partial charge in [0.2, 0.25) is 5.91 Å². The van der Waals surface area contributed by atoms with E-state index in [0.29, 0.717) is 24.4 Å². The fourth-order valence-electron chi connectivity index (χ4n) is 3.50. The number of para-hydroxylation sites is 1. The first-order valence-electron chi connectivity index (χ1n) is 8.63. The van der Waals surface area contributed by atoms with Crippen molar-refractivity contribution >= 4 is 27.5 Å². The van der Waals surface area contributed by atoms with Crippen LogP contribution in [0.5, 0.6) is 0 Å². The van der Waals surface area contributed by atoms with Crippen LogP contribution in [0.2, 0.25) is 0 Å². The van der Waals surface area contributed by atoms with Crippen LogP contribution in [0.1, 0.15) is 24.8 Å². The molecule has 0 saturated carbocycles. The fourth-order valence-corrected chi connectivity index (χ4v) is 4.72. The highest BCUT2D eigenvalue weighted by molar-refractivity contribution is 7.90. The first-order chi connectivity index (χ1) is 12.6. The van der Waals surface area contributed by atoms with Crippen LogP contribution < -0.4 is 5.32 Å². The van der Waals surface area contributed by atoms with Gasteiger partial charge in [0.15, 0.2) is 5.84 Å². The number of hydrogen-bond donors (Lipinski definition) is 1. The van der Waals surface area contributed by atoms with E-state index in [1.54, 1.807) is 24.3 Å². The van der Waals surface area contributed by atoms with Crippen molar-refractivity contribution in [2.75, 3.05) is 11.9 Å². The molecule has 0 spiro atoms. The molecule has 2 heterocycles. The van der Waals surface area contributed by atoms with E-state index in [1.165, 1.54) is 0 Å². The molecule has 2 aliphatic rings. The van der Waals surface area contributed by atoms with Crippen LogP contribution in [-0.4, -0.2) is 37.6 Å². The van der Waals surface area contributed by atoms with Crippen LogP contribution in [0.15, 0.2) is 63.9 Å². The van der Waals surface area contributed by atoms with Crippen LogP contribution in [0.4, 0.5) is 5.69 Å². The predicted molar refractivity (Wildman–Crippen MR) is 99.6 cm³/mol. The number of nitrogens with one attached hydrogen (secondary N) is 1. The largest absolute Gasteiger partial charge is 0.343 e. The number of carbonyl (C=O) groups is 1. The third kappa shape index (κ3) is 2.99. The van der Waals surface area contributed by atoms with E-state index in [4.69, 9.17) is 0 Å². The summed E-state index contributed by atoms with van der Waals surface area (Å²) < 4.78 is 28.7. The minimum absolute atomic E-state index is 0.139. The molecule has 6 nitrogen and oxygen atoms in total. The highest BCUT2D eigenvalue weighted by atomic mass is 32.2. The van der Waals surface area contributed by atoms with E-state index in [9.17, 15) is 13.2 Å². The molecule has 7 heteroatoms. The zero-order valence-corrected chi connectivity index (χ0v) is 14.9. The number of fused-ring (bicyclic) bond motifs is 1. The third-order valence-electron chi connectivity index (χ3n) is 4.73. The summed E-state index contributed by atoms with van der Waals surface area (Å²) in [5.41, 5.74) is 1.30.